The number of hydrogen-bond acceptors (Lipinski definition) is 5. The number of rotatable bonds is 4. The maximum Gasteiger partial charge on any atom is 0.313 e. The van der Waals surface area contributed by atoms with Crippen LogP contribution in [0.5, 0.6) is 0 Å². The minimum Gasteiger partial charge on any atom is -0.847 e. The molecule has 0 spiro atoms. The highest BCUT2D eigenvalue weighted by molar-refractivity contribution is 6.51. The molecule has 1 aliphatic rings. The van der Waals surface area contributed by atoms with E-state index in [-0.39, 0.29) is 22.7 Å². The maximum absolute atomic E-state index is 13.1. The molecule has 3 aromatic rings. The van der Waals surface area contributed by atoms with Gasteiger partial charge in [0.15, 0.2) is 5.78 Å². The second-order valence-corrected chi connectivity index (χ2v) is 7.96. The van der Waals surface area contributed by atoms with Crippen molar-refractivity contribution in [2.75, 3.05) is 7.05 Å². The third-order valence-electron chi connectivity index (χ3n) is 6.09. The molecule has 1 amide bonds. The predicted octanol–water partition coefficient (Wildman–Crippen LogP) is 0.345. The average molecular weight is 432 g/mol. The molecule has 164 valence electrons. The van der Waals surface area contributed by atoms with Crippen LogP contribution in [0.2, 0.25) is 0 Å². The Hall–Kier alpha value is -3.62. The lowest BCUT2D eigenvalue weighted by molar-refractivity contribution is -0.723. The molecule has 0 aliphatic heterocycles. The molecule has 8 heteroatoms. The molecule has 4 rings (SSSR count). The van der Waals surface area contributed by atoms with E-state index in [1.807, 2.05) is 18.2 Å². The monoisotopic (exact) mass is 432 g/mol. The Morgan fingerprint density at radius 3 is 2.25 bits per heavy atom. The summed E-state index contributed by atoms with van der Waals surface area (Å²) in [7, 11) is 3.47. The highest BCUT2D eigenvalue weighted by atomic mass is 16.3. The first kappa shape index (κ1) is 21.6. The second kappa shape index (κ2) is 8.14. The summed E-state index contributed by atoms with van der Waals surface area (Å²) >= 11 is 0. The van der Waals surface area contributed by atoms with Crippen LogP contribution < -0.4 is 15.6 Å². The van der Waals surface area contributed by atoms with E-state index in [1.54, 1.807) is 62.1 Å². The standard InChI is InChI=1S/C24H23N4O4/c1-14-19(24(32)28(27(14)4)18-8-6-5-7-9-18)20-22(30)21(23(20)31)25-16-10-12-17(13-11-16)26(3)15(2)29/h5-13,20,22H,1-4H3/q-1/p+1. The Labute approximate surface area is 185 Å². The number of hydrogen-bond donors (Lipinski definition) is 1. The number of quaternary nitrogens is 1. The Balaban J connectivity index is 1.64. The van der Waals surface area contributed by atoms with Crippen LogP contribution in [0.15, 0.2) is 64.4 Å². The van der Waals surface area contributed by atoms with Crippen molar-refractivity contribution in [2.45, 2.75) is 25.9 Å². The van der Waals surface area contributed by atoms with E-state index < -0.39 is 17.8 Å². The maximum atomic E-state index is 13.1. The number of ketones is 1. The van der Waals surface area contributed by atoms with E-state index in [1.165, 1.54) is 11.6 Å². The van der Waals surface area contributed by atoms with Crippen LogP contribution in [0.1, 0.15) is 24.1 Å². The summed E-state index contributed by atoms with van der Waals surface area (Å²) in [6.45, 7) is 3.23. The average Bonchev–Trinajstić information content (AvgIpc) is 3.01. The Kier molecular flexibility index (Phi) is 5.50. The SMILES string of the molecule is CC(=O)[NH+](C)c1ccc(N=C2C(=O)C(c3c(C)n(C)n(-c4ccccc4)c3=O)C2[O-])cc1. The van der Waals surface area contributed by atoms with Gasteiger partial charge in [0.25, 0.3) is 5.56 Å². The van der Waals surface area contributed by atoms with Crippen molar-refractivity contribution in [1.82, 2.24) is 9.36 Å². The van der Waals surface area contributed by atoms with Crippen LogP contribution in [0.4, 0.5) is 11.4 Å². The van der Waals surface area contributed by atoms with Gasteiger partial charge < -0.3 is 5.11 Å². The molecule has 0 saturated heterocycles. The van der Waals surface area contributed by atoms with Crippen molar-refractivity contribution in [1.29, 1.82) is 0 Å². The van der Waals surface area contributed by atoms with Crippen LogP contribution in [-0.2, 0) is 16.6 Å². The van der Waals surface area contributed by atoms with E-state index in [0.29, 0.717) is 22.0 Å². The van der Waals surface area contributed by atoms with Gasteiger partial charge in [-0.3, -0.25) is 19.3 Å². The number of nitrogens with one attached hydrogen (secondary N) is 1. The molecule has 8 nitrogen and oxygen atoms in total. The van der Waals surface area contributed by atoms with Crippen LogP contribution in [0.25, 0.3) is 5.69 Å². The van der Waals surface area contributed by atoms with Crippen molar-refractivity contribution in [3.8, 4) is 5.69 Å². The Morgan fingerprint density at radius 1 is 1.06 bits per heavy atom. The first-order chi connectivity index (χ1) is 15.2. The Bertz CT molecular complexity index is 1290. The van der Waals surface area contributed by atoms with E-state index >= 15 is 0 Å². The number of aliphatic imine (C=N–C) groups is 1. The topological polar surface area (TPSA) is 101 Å². The van der Waals surface area contributed by atoms with Gasteiger partial charge in [-0.05, 0) is 31.2 Å². The van der Waals surface area contributed by atoms with E-state index in [9.17, 15) is 19.5 Å². The van der Waals surface area contributed by atoms with Gasteiger partial charge in [0.05, 0.1) is 36.6 Å². The molecular weight excluding hydrogens is 408 g/mol. The molecule has 1 aliphatic carbocycles. The lowest BCUT2D eigenvalue weighted by atomic mass is 9.73. The minimum atomic E-state index is -1.41. The van der Waals surface area contributed by atoms with Crippen LogP contribution in [-0.4, -0.2) is 39.9 Å². The second-order valence-electron chi connectivity index (χ2n) is 7.96. The van der Waals surface area contributed by atoms with Gasteiger partial charge >= 0.3 is 5.91 Å². The number of carbonyl (C=O) groups is 2. The zero-order chi connectivity index (χ0) is 23.2. The largest absolute Gasteiger partial charge is 0.847 e. The van der Waals surface area contributed by atoms with E-state index in [4.69, 9.17) is 0 Å². The molecule has 32 heavy (non-hydrogen) atoms. The molecule has 1 fully saturated rings. The summed E-state index contributed by atoms with van der Waals surface area (Å²) in [6, 6.07) is 15.9. The number of amides is 1. The van der Waals surface area contributed by atoms with Crippen LogP contribution >= 0.6 is 0 Å². The summed E-state index contributed by atoms with van der Waals surface area (Å²) in [5.74, 6) is -1.50. The van der Waals surface area contributed by atoms with Gasteiger partial charge in [0, 0.05) is 30.8 Å². The van der Waals surface area contributed by atoms with Gasteiger partial charge in [-0.15, -0.1) is 0 Å². The lowest BCUT2D eigenvalue weighted by Crippen LogP contribution is -3.06. The van der Waals surface area contributed by atoms with Crippen molar-refractivity contribution in [3.05, 3.63) is 76.2 Å². The van der Waals surface area contributed by atoms with Gasteiger partial charge in [0.2, 0.25) is 0 Å². The summed E-state index contributed by atoms with van der Waals surface area (Å²) in [6.07, 6.45) is -1.41. The minimum absolute atomic E-state index is 0.0277. The van der Waals surface area contributed by atoms with Crippen molar-refractivity contribution in [2.24, 2.45) is 12.0 Å². The molecule has 3 unspecified atom stereocenters. The number of Topliss-reactive ketones (excluding diaryl/α,β-unsaturated/α-hetero) is 1. The fourth-order valence-electron chi connectivity index (χ4n) is 3.98. The number of para-hydroxylation sites is 1. The molecular formula is C24H24N4O4. The van der Waals surface area contributed by atoms with Gasteiger partial charge in [-0.2, -0.15) is 0 Å². The fourth-order valence-corrected chi connectivity index (χ4v) is 3.98. The summed E-state index contributed by atoms with van der Waals surface area (Å²) in [5, 5.41) is 12.9. The van der Waals surface area contributed by atoms with Gasteiger partial charge in [0.1, 0.15) is 5.69 Å². The number of aromatic nitrogens is 2. The first-order valence-corrected chi connectivity index (χ1v) is 10.3. The Morgan fingerprint density at radius 2 is 1.69 bits per heavy atom. The molecule has 0 radical (unpaired) electrons. The summed E-state index contributed by atoms with van der Waals surface area (Å²) in [4.78, 5) is 42.4. The van der Waals surface area contributed by atoms with E-state index in [2.05, 4.69) is 4.99 Å². The third kappa shape index (κ3) is 3.43. The van der Waals surface area contributed by atoms with Crippen LogP contribution in [0.3, 0.4) is 0 Å². The highest BCUT2D eigenvalue weighted by Crippen LogP contribution is 2.32. The normalized spacial score (nSPS) is 20.3. The molecule has 1 saturated carbocycles. The molecule has 3 atom stereocenters. The smallest absolute Gasteiger partial charge is 0.313 e. The number of benzene rings is 2. The fraction of sp³-hybridized carbons (Fsp3) is 0.250. The molecule has 0 bridgehead atoms. The molecule has 1 heterocycles. The van der Waals surface area contributed by atoms with Crippen LogP contribution in [0, 0.1) is 6.92 Å². The van der Waals surface area contributed by atoms with Crippen molar-refractivity contribution in [3.63, 3.8) is 0 Å². The quantitative estimate of drug-likeness (QED) is 0.643. The van der Waals surface area contributed by atoms with Gasteiger partial charge in [-0.1, -0.05) is 24.3 Å². The van der Waals surface area contributed by atoms with Gasteiger partial charge in [-0.25, -0.2) is 14.4 Å². The molecule has 1 N–H and O–H groups in total. The predicted molar refractivity (Wildman–Crippen MR) is 118 cm³/mol. The van der Waals surface area contributed by atoms with Crippen molar-refractivity contribution < 1.29 is 19.6 Å². The number of nitrogens with zero attached hydrogens (tertiary/aromatic N) is 3. The zero-order valence-electron chi connectivity index (χ0n) is 18.3. The first-order valence-electron chi connectivity index (χ1n) is 10.3. The number of carbonyl (C=O) groups excluding carboxylic acids is 2. The molecule has 2 aromatic carbocycles. The lowest BCUT2D eigenvalue weighted by Gasteiger charge is -2.41. The zero-order valence-corrected chi connectivity index (χ0v) is 18.3. The van der Waals surface area contributed by atoms with E-state index in [0.717, 1.165) is 5.69 Å². The summed E-state index contributed by atoms with van der Waals surface area (Å²) in [5.41, 5.74) is 2.24. The highest BCUT2D eigenvalue weighted by Gasteiger charge is 2.44. The van der Waals surface area contributed by atoms with Crippen molar-refractivity contribution >= 4 is 28.8 Å². The summed E-state index contributed by atoms with van der Waals surface area (Å²) < 4.78 is 3.13. The third-order valence-corrected chi connectivity index (χ3v) is 6.09. The molecule has 1 aromatic heterocycles.